The number of hydrogen-bond acceptors (Lipinski definition) is 7. The van der Waals surface area contributed by atoms with E-state index in [1.165, 1.54) is 6.20 Å². The average molecular weight is 563 g/mol. The van der Waals surface area contributed by atoms with E-state index in [9.17, 15) is 18.9 Å². The van der Waals surface area contributed by atoms with Gasteiger partial charge in [-0.2, -0.15) is 0 Å². The summed E-state index contributed by atoms with van der Waals surface area (Å²) in [5.41, 5.74) is 8.13. The maximum absolute atomic E-state index is 13.2. The first-order valence-electron chi connectivity index (χ1n) is 12.1. The van der Waals surface area contributed by atoms with Gasteiger partial charge in [0.15, 0.2) is 5.84 Å². The number of amides is 3. The number of amidine groups is 1. The van der Waals surface area contributed by atoms with Gasteiger partial charge in [0.05, 0.1) is 23.3 Å². The number of nitrogens with one attached hydrogen (secondary N) is 2. The molecule has 1 heterocycles. The maximum Gasteiger partial charge on any atom is 0.472 e. The van der Waals surface area contributed by atoms with Crippen molar-refractivity contribution >= 4 is 43.6 Å². The van der Waals surface area contributed by atoms with Gasteiger partial charge in [0.2, 0.25) is 6.79 Å². The van der Waals surface area contributed by atoms with Gasteiger partial charge in [-0.05, 0) is 56.4 Å². The minimum absolute atomic E-state index is 0.0235. The van der Waals surface area contributed by atoms with Crippen molar-refractivity contribution in [1.82, 2.24) is 15.2 Å². The van der Waals surface area contributed by atoms with E-state index in [0.29, 0.717) is 28.9 Å². The molecule has 3 rings (SSSR count). The molecule has 210 valence electrons. The highest BCUT2D eigenvalue weighted by Gasteiger charge is 2.28. The number of H-pyrrole nitrogens is 1. The number of ether oxygens (including phenoxy) is 1. The van der Waals surface area contributed by atoms with E-state index in [0.717, 1.165) is 29.6 Å². The molecule has 0 bridgehead atoms. The Kier molecular flexibility index (Phi) is 9.76. The molecule has 0 unspecified atom stereocenters. The summed E-state index contributed by atoms with van der Waals surface area (Å²) < 4.78 is 19.6. The topological polar surface area (TPSA) is 209 Å². The summed E-state index contributed by atoms with van der Waals surface area (Å²) in [7, 11) is -4.86. The van der Waals surface area contributed by atoms with Crippen LogP contribution in [0.2, 0.25) is 0 Å². The monoisotopic (exact) mass is 562 g/mol. The smallest absolute Gasteiger partial charge is 0.421 e. The van der Waals surface area contributed by atoms with Gasteiger partial charge in [0.25, 0.3) is 11.8 Å². The summed E-state index contributed by atoms with van der Waals surface area (Å²) in [6.45, 7) is 4.13. The summed E-state index contributed by atoms with van der Waals surface area (Å²) in [6.07, 6.45) is 3.59. The van der Waals surface area contributed by atoms with Gasteiger partial charge in [0.1, 0.15) is 0 Å². The minimum Gasteiger partial charge on any atom is -0.421 e. The molecule has 39 heavy (non-hydrogen) atoms. The Balaban J connectivity index is 1.89. The fourth-order valence-corrected chi connectivity index (χ4v) is 3.71. The summed E-state index contributed by atoms with van der Waals surface area (Å²) in [5, 5.41) is 2.93. The van der Waals surface area contributed by atoms with Crippen molar-refractivity contribution in [2.75, 3.05) is 13.3 Å². The molecule has 0 radical (unpaired) electrons. The third kappa shape index (κ3) is 8.07. The molecule has 1 aliphatic carbocycles. The molecule has 1 saturated carbocycles. The first-order valence-corrected chi connectivity index (χ1v) is 13.6. The zero-order valence-corrected chi connectivity index (χ0v) is 22.6. The van der Waals surface area contributed by atoms with Crippen molar-refractivity contribution in [3.05, 3.63) is 52.3 Å². The molecule has 1 aromatic carbocycles. The summed E-state index contributed by atoms with van der Waals surface area (Å²) >= 11 is 0. The number of aliphatic imine (C=N–C) groups is 2. The highest BCUT2D eigenvalue weighted by molar-refractivity contribution is 7.46. The SMILES string of the molecule is CCCN(C(=O)OCOP(=O)(O)O)C(=O)c1c[nH]c(C(N=CN)=Nc2cc(C(=O)NC3CC3)ccc2C)c1C. The predicted octanol–water partition coefficient (Wildman–Crippen LogP) is 2.64. The van der Waals surface area contributed by atoms with Crippen molar-refractivity contribution < 1.29 is 38.0 Å². The number of carbonyl (C=O) groups is 3. The fourth-order valence-electron chi connectivity index (χ4n) is 3.52. The molecule has 0 spiro atoms. The predicted molar refractivity (Wildman–Crippen MR) is 142 cm³/mol. The Bertz CT molecular complexity index is 1340. The van der Waals surface area contributed by atoms with Crippen LogP contribution in [-0.2, 0) is 13.8 Å². The van der Waals surface area contributed by atoms with Crippen LogP contribution in [0.4, 0.5) is 10.5 Å². The van der Waals surface area contributed by atoms with Crippen molar-refractivity contribution in [3.63, 3.8) is 0 Å². The maximum atomic E-state index is 13.2. The molecule has 2 aromatic rings. The van der Waals surface area contributed by atoms with E-state index in [-0.39, 0.29) is 29.9 Å². The third-order valence-electron chi connectivity index (χ3n) is 5.72. The number of phosphoric acid groups is 1. The van der Waals surface area contributed by atoms with E-state index in [1.54, 1.807) is 32.0 Å². The Morgan fingerprint density at radius 1 is 1.28 bits per heavy atom. The lowest BCUT2D eigenvalue weighted by Crippen LogP contribution is -2.38. The summed E-state index contributed by atoms with van der Waals surface area (Å²) in [6, 6.07) is 5.32. The van der Waals surface area contributed by atoms with Gasteiger partial charge in [-0.15, -0.1) is 0 Å². The van der Waals surface area contributed by atoms with Gasteiger partial charge >= 0.3 is 13.9 Å². The van der Waals surface area contributed by atoms with Crippen LogP contribution in [0.1, 0.15) is 63.7 Å². The van der Waals surface area contributed by atoms with E-state index in [1.807, 2.05) is 6.92 Å². The molecular formula is C24H31N6O8P. The van der Waals surface area contributed by atoms with Crippen LogP contribution < -0.4 is 11.1 Å². The number of benzene rings is 1. The molecular weight excluding hydrogens is 531 g/mol. The lowest BCUT2D eigenvalue weighted by atomic mass is 10.1. The highest BCUT2D eigenvalue weighted by atomic mass is 31.2. The molecule has 1 aliphatic rings. The molecule has 0 atom stereocenters. The number of rotatable bonds is 10. The number of imide groups is 1. The van der Waals surface area contributed by atoms with E-state index in [2.05, 4.69) is 24.8 Å². The zero-order valence-electron chi connectivity index (χ0n) is 21.7. The van der Waals surface area contributed by atoms with Gasteiger partial charge < -0.3 is 30.6 Å². The van der Waals surface area contributed by atoms with Crippen molar-refractivity contribution in [3.8, 4) is 0 Å². The summed E-state index contributed by atoms with van der Waals surface area (Å²) in [4.78, 5) is 68.2. The van der Waals surface area contributed by atoms with Crippen LogP contribution >= 0.6 is 7.82 Å². The van der Waals surface area contributed by atoms with Crippen molar-refractivity contribution in [2.45, 2.75) is 46.1 Å². The van der Waals surface area contributed by atoms with Crippen LogP contribution in [0.15, 0.2) is 34.4 Å². The van der Waals surface area contributed by atoms with Crippen LogP contribution in [0.3, 0.4) is 0 Å². The van der Waals surface area contributed by atoms with Crippen LogP contribution in [-0.4, -0.2) is 69.1 Å². The second kappa shape index (κ2) is 12.8. The Labute approximate surface area is 224 Å². The lowest BCUT2D eigenvalue weighted by Gasteiger charge is -2.19. The van der Waals surface area contributed by atoms with Gasteiger partial charge in [-0.25, -0.2) is 28.8 Å². The molecule has 1 fully saturated rings. The Hall–Kier alpha value is -3.84. The number of aromatic nitrogens is 1. The van der Waals surface area contributed by atoms with Gasteiger partial charge in [-0.1, -0.05) is 13.0 Å². The van der Waals surface area contributed by atoms with E-state index in [4.69, 9.17) is 20.3 Å². The standard InChI is InChI=1S/C24H31N6O8P/c1-4-9-30(24(33)37-13-38-39(34,35)36)23(32)18-11-26-20(15(18)3)21(27-12-25)29-19-10-16(6-5-14(19)2)22(31)28-17-7-8-17/h5-6,10-12,17,26H,4,7-9,13H2,1-3H3,(H,28,31)(H2,25,27,29)(H2,34,35,36). The number of phosphoric ester groups is 1. The Morgan fingerprint density at radius 3 is 2.62 bits per heavy atom. The van der Waals surface area contributed by atoms with Crippen LogP contribution in [0.25, 0.3) is 0 Å². The number of nitrogens with zero attached hydrogens (tertiary/aromatic N) is 3. The second-order valence-corrected chi connectivity index (χ2v) is 10.0. The first kappa shape index (κ1) is 29.7. The second-order valence-electron chi connectivity index (χ2n) is 8.77. The van der Waals surface area contributed by atoms with Crippen molar-refractivity contribution in [1.29, 1.82) is 0 Å². The molecule has 1 aromatic heterocycles. The van der Waals surface area contributed by atoms with E-state index < -0.39 is 26.6 Å². The normalized spacial score (nSPS) is 13.9. The fraction of sp³-hybridized carbons (Fsp3) is 0.375. The number of hydrogen-bond donors (Lipinski definition) is 5. The van der Waals surface area contributed by atoms with Gasteiger partial charge in [0, 0.05) is 24.3 Å². The van der Waals surface area contributed by atoms with Crippen LogP contribution in [0.5, 0.6) is 0 Å². The number of aromatic amines is 1. The summed E-state index contributed by atoms with van der Waals surface area (Å²) in [5.74, 6) is -0.781. The van der Waals surface area contributed by atoms with Gasteiger partial charge in [-0.3, -0.25) is 9.59 Å². The third-order valence-corrected chi connectivity index (χ3v) is 6.16. The largest absolute Gasteiger partial charge is 0.472 e. The molecule has 0 saturated heterocycles. The average Bonchev–Trinajstić information content (AvgIpc) is 3.60. The number of carbonyl (C=O) groups excluding carboxylic acids is 3. The highest BCUT2D eigenvalue weighted by Crippen LogP contribution is 2.35. The Morgan fingerprint density at radius 2 is 2.00 bits per heavy atom. The molecule has 3 amide bonds. The molecule has 15 heteroatoms. The first-order chi connectivity index (χ1) is 18.4. The number of nitrogens with two attached hydrogens (primary N) is 1. The molecule has 0 aliphatic heterocycles. The number of aryl methyl sites for hydroxylation is 1. The molecule has 14 nitrogen and oxygen atoms in total. The minimum atomic E-state index is -4.86. The van der Waals surface area contributed by atoms with Crippen LogP contribution in [0, 0.1) is 13.8 Å². The van der Waals surface area contributed by atoms with E-state index >= 15 is 0 Å². The quantitative estimate of drug-likeness (QED) is 0.125. The zero-order chi connectivity index (χ0) is 28.7. The molecule has 6 N–H and O–H groups in total. The van der Waals surface area contributed by atoms with Crippen molar-refractivity contribution in [2.24, 2.45) is 15.7 Å². The lowest BCUT2D eigenvalue weighted by molar-refractivity contribution is 0.0203.